The molecule has 1 saturated heterocycles. The third-order valence-corrected chi connectivity index (χ3v) is 5.55. The average molecular weight is 282 g/mol. The second-order valence-corrected chi connectivity index (χ2v) is 6.54. The van der Waals surface area contributed by atoms with E-state index < -0.39 is 0 Å². The first kappa shape index (κ1) is 12.6. The normalized spacial score (nSPS) is 32.8. The summed E-state index contributed by atoms with van der Waals surface area (Å²) in [7, 11) is 0. The van der Waals surface area contributed by atoms with Gasteiger partial charge in [0.25, 0.3) is 0 Å². The molecule has 2 aliphatic carbocycles. The minimum Gasteiger partial charge on any atom is -0.324 e. The molecule has 0 spiro atoms. The summed E-state index contributed by atoms with van der Waals surface area (Å²) in [6.07, 6.45) is 5.66. The maximum Gasteiger partial charge on any atom is 0.321 e. The van der Waals surface area contributed by atoms with Gasteiger partial charge in [0.05, 0.1) is 11.9 Å². The van der Waals surface area contributed by atoms with Crippen LogP contribution in [0.15, 0.2) is 18.3 Å². The summed E-state index contributed by atoms with van der Waals surface area (Å²) in [4.78, 5) is 18.3. The summed E-state index contributed by atoms with van der Waals surface area (Å²) in [5.74, 6) is 3.17. The summed E-state index contributed by atoms with van der Waals surface area (Å²) >= 11 is 0. The maximum absolute atomic E-state index is 12.4. The van der Waals surface area contributed by atoms with Gasteiger partial charge in [-0.25, -0.2) is 9.78 Å². The molecule has 2 heterocycles. The molecule has 1 N–H and O–H groups in total. The number of rotatable bonds is 1. The van der Waals surface area contributed by atoms with Gasteiger partial charge in [-0.1, -0.05) is 0 Å². The zero-order valence-electron chi connectivity index (χ0n) is 11.8. The number of nitrogens with one attached hydrogen (secondary N) is 1. The number of amides is 2. The summed E-state index contributed by atoms with van der Waals surface area (Å²) in [6, 6.07) is 5.29. The van der Waals surface area contributed by atoms with Crippen LogP contribution in [-0.4, -0.2) is 29.0 Å². The lowest BCUT2D eigenvalue weighted by Gasteiger charge is -2.22. The molecule has 2 bridgehead atoms. The second-order valence-electron chi connectivity index (χ2n) is 6.54. The standard InChI is InChI=1S/C16H18N4O/c17-6-12-3-4-13(7-18-12)19-16(21)20-8-14-10-1-2-11(5-10)15(14)9-20/h3-4,7,10-11,14-15H,1-2,5,8-9H2,(H,19,21)/t10-,11+,14-,15+. The third kappa shape index (κ3) is 2.06. The molecule has 5 heteroatoms. The van der Waals surface area contributed by atoms with Gasteiger partial charge in [-0.05, 0) is 55.1 Å². The molecule has 1 aliphatic heterocycles. The average Bonchev–Trinajstić information content (AvgIpc) is 3.20. The molecule has 108 valence electrons. The first-order valence-electron chi connectivity index (χ1n) is 7.66. The minimum atomic E-state index is -0.0321. The van der Waals surface area contributed by atoms with Crippen LogP contribution in [0.2, 0.25) is 0 Å². The number of hydrogen-bond donors (Lipinski definition) is 1. The van der Waals surface area contributed by atoms with Gasteiger partial charge in [0.15, 0.2) is 0 Å². The highest BCUT2D eigenvalue weighted by molar-refractivity contribution is 5.89. The number of hydrogen-bond acceptors (Lipinski definition) is 3. The van der Waals surface area contributed by atoms with E-state index in [0.717, 1.165) is 36.8 Å². The summed E-state index contributed by atoms with van der Waals surface area (Å²) in [5.41, 5.74) is 1.01. The SMILES string of the molecule is N#Cc1ccc(NC(=O)N2C[C@@H]3[C@@H]4CC[C@@H](C4)[C@@H]3C2)cn1. The Kier molecular flexibility index (Phi) is 2.85. The van der Waals surface area contributed by atoms with Crippen LogP contribution in [0.1, 0.15) is 25.0 Å². The van der Waals surface area contributed by atoms with Gasteiger partial charge in [-0.3, -0.25) is 0 Å². The number of pyridine rings is 1. The number of urea groups is 1. The monoisotopic (exact) mass is 282 g/mol. The van der Waals surface area contributed by atoms with E-state index in [2.05, 4.69) is 10.3 Å². The second kappa shape index (κ2) is 4.73. The van der Waals surface area contributed by atoms with Gasteiger partial charge in [0, 0.05) is 13.1 Å². The Balaban J connectivity index is 1.41. The van der Waals surface area contributed by atoms with E-state index in [1.807, 2.05) is 11.0 Å². The molecule has 1 aromatic heterocycles. The van der Waals surface area contributed by atoms with Crippen LogP contribution in [0, 0.1) is 35.0 Å². The highest BCUT2D eigenvalue weighted by atomic mass is 16.2. The number of nitrogens with zero attached hydrogens (tertiary/aromatic N) is 3. The lowest BCUT2D eigenvalue weighted by Crippen LogP contribution is -2.34. The topological polar surface area (TPSA) is 69.0 Å². The van der Waals surface area contributed by atoms with Crippen molar-refractivity contribution in [3.05, 3.63) is 24.0 Å². The van der Waals surface area contributed by atoms with Gasteiger partial charge in [0.2, 0.25) is 0 Å². The summed E-state index contributed by atoms with van der Waals surface area (Å²) in [6.45, 7) is 1.81. The van der Waals surface area contributed by atoms with Crippen LogP contribution in [0.4, 0.5) is 10.5 Å². The largest absolute Gasteiger partial charge is 0.324 e. The molecule has 2 saturated carbocycles. The fraction of sp³-hybridized carbons (Fsp3) is 0.562. The van der Waals surface area contributed by atoms with E-state index in [-0.39, 0.29) is 6.03 Å². The van der Waals surface area contributed by atoms with Crippen LogP contribution in [-0.2, 0) is 0 Å². The van der Waals surface area contributed by atoms with Crippen LogP contribution < -0.4 is 5.32 Å². The molecular formula is C16H18N4O. The Morgan fingerprint density at radius 2 is 2.00 bits per heavy atom. The van der Waals surface area contributed by atoms with Crippen molar-refractivity contribution in [2.24, 2.45) is 23.7 Å². The molecular weight excluding hydrogens is 264 g/mol. The lowest BCUT2D eigenvalue weighted by atomic mass is 9.82. The molecule has 3 fully saturated rings. The fourth-order valence-electron chi connectivity index (χ4n) is 4.58. The Morgan fingerprint density at radius 3 is 2.57 bits per heavy atom. The Labute approximate surface area is 124 Å². The number of fused-ring (bicyclic) bond motifs is 5. The molecule has 4 atom stereocenters. The molecule has 1 aromatic rings. The quantitative estimate of drug-likeness (QED) is 0.860. The lowest BCUT2D eigenvalue weighted by molar-refractivity contribution is 0.217. The van der Waals surface area contributed by atoms with Crippen molar-refractivity contribution in [2.75, 3.05) is 18.4 Å². The first-order chi connectivity index (χ1) is 10.2. The van der Waals surface area contributed by atoms with E-state index in [1.54, 1.807) is 12.1 Å². The van der Waals surface area contributed by atoms with Crippen molar-refractivity contribution in [2.45, 2.75) is 19.3 Å². The Bertz CT molecular complexity index is 588. The van der Waals surface area contributed by atoms with Crippen molar-refractivity contribution in [1.29, 1.82) is 5.26 Å². The van der Waals surface area contributed by atoms with Crippen molar-refractivity contribution in [3.63, 3.8) is 0 Å². The predicted octanol–water partition coefficient (Wildman–Crippen LogP) is 2.46. The third-order valence-electron chi connectivity index (χ3n) is 5.55. The van der Waals surface area contributed by atoms with E-state index in [0.29, 0.717) is 11.4 Å². The van der Waals surface area contributed by atoms with Gasteiger partial charge >= 0.3 is 6.03 Å². The Morgan fingerprint density at radius 1 is 1.29 bits per heavy atom. The Hall–Kier alpha value is -2.09. The minimum absolute atomic E-state index is 0.0321. The van der Waals surface area contributed by atoms with E-state index in [1.165, 1.54) is 25.5 Å². The molecule has 2 amide bonds. The van der Waals surface area contributed by atoms with Gasteiger partial charge in [-0.2, -0.15) is 5.26 Å². The maximum atomic E-state index is 12.4. The van der Waals surface area contributed by atoms with Crippen LogP contribution in [0.3, 0.4) is 0 Å². The molecule has 21 heavy (non-hydrogen) atoms. The number of anilines is 1. The molecule has 0 unspecified atom stereocenters. The summed E-state index contributed by atoms with van der Waals surface area (Å²) in [5, 5.41) is 11.6. The number of nitriles is 1. The molecule has 0 radical (unpaired) electrons. The number of carbonyl (C=O) groups excluding carboxylic acids is 1. The molecule has 5 nitrogen and oxygen atoms in total. The van der Waals surface area contributed by atoms with Crippen molar-refractivity contribution in [3.8, 4) is 6.07 Å². The molecule has 0 aromatic carbocycles. The van der Waals surface area contributed by atoms with E-state index in [4.69, 9.17) is 5.26 Å². The van der Waals surface area contributed by atoms with Gasteiger partial charge in [-0.15, -0.1) is 0 Å². The molecule has 3 aliphatic rings. The van der Waals surface area contributed by atoms with E-state index >= 15 is 0 Å². The summed E-state index contributed by atoms with van der Waals surface area (Å²) < 4.78 is 0. The van der Waals surface area contributed by atoms with Gasteiger partial charge in [0.1, 0.15) is 11.8 Å². The fourth-order valence-corrected chi connectivity index (χ4v) is 4.58. The number of likely N-dealkylation sites (tertiary alicyclic amines) is 1. The van der Waals surface area contributed by atoms with Crippen LogP contribution in [0.5, 0.6) is 0 Å². The highest BCUT2D eigenvalue weighted by Gasteiger charge is 2.52. The number of carbonyl (C=O) groups is 1. The highest BCUT2D eigenvalue weighted by Crippen LogP contribution is 2.55. The zero-order valence-corrected chi connectivity index (χ0v) is 11.8. The molecule has 4 rings (SSSR count). The predicted molar refractivity (Wildman–Crippen MR) is 77.4 cm³/mol. The smallest absolute Gasteiger partial charge is 0.321 e. The number of aromatic nitrogens is 1. The van der Waals surface area contributed by atoms with E-state index in [9.17, 15) is 4.79 Å². The van der Waals surface area contributed by atoms with Crippen LogP contribution in [0.25, 0.3) is 0 Å². The van der Waals surface area contributed by atoms with Crippen molar-refractivity contribution in [1.82, 2.24) is 9.88 Å². The van der Waals surface area contributed by atoms with Crippen LogP contribution >= 0.6 is 0 Å². The van der Waals surface area contributed by atoms with Crippen molar-refractivity contribution < 1.29 is 4.79 Å². The first-order valence-corrected chi connectivity index (χ1v) is 7.66. The zero-order chi connectivity index (χ0) is 14.4. The van der Waals surface area contributed by atoms with Crippen molar-refractivity contribution >= 4 is 11.7 Å². The van der Waals surface area contributed by atoms with Gasteiger partial charge < -0.3 is 10.2 Å².